The van der Waals surface area contributed by atoms with Gasteiger partial charge < -0.3 is 24.7 Å². The second-order valence-corrected chi connectivity index (χ2v) is 10.4. The van der Waals surface area contributed by atoms with Crippen LogP contribution in [-0.2, 0) is 9.53 Å². The lowest BCUT2D eigenvalue weighted by Gasteiger charge is -2.37. The molecular weight excluding hydrogens is 506 g/mol. The standard InChI is InChI=1S/C24H37N5O5S.ClH/c1-6-7-14-33-22(32)26-24(11-9-8-10-12-24)21(31)25-18(16-17(2)3)19(30)20-27-28-23(34-20)35-15-13-29(4)5;/h17-18H,8-16H2,1-5H3,(H,25,31)(H,26,32);1H. The van der Waals surface area contributed by atoms with Crippen molar-refractivity contribution < 1.29 is 23.5 Å². The molecule has 2 N–H and O–H groups in total. The van der Waals surface area contributed by atoms with E-state index in [1.54, 1.807) is 6.92 Å². The second kappa shape index (κ2) is 15.7. The molecule has 0 saturated heterocycles. The number of ether oxygens (including phenoxy) is 1. The van der Waals surface area contributed by atoms with Crippen LogP contribution in [0.1, 0.15) is 70.0 Å². The fourth-order valence-corrected chi connectivity index (χ4v) is 4.67. The Morgan fingerprint density at radius 3 is 2.50 bits per heavy atom. The average molecular weight is 544 g/mol. The van der Waals surface area contributed by atoms with Gasteiger partial charge in [-0.2, -0.15) is 0 Å². The van der Waals surface area contributed by atoms with E-state index in [-0.39, 0.29) is 30.8 Å². The Morgan fingerprint density at radius 2 is 1.89 bits per heavy atom. The Morgan fingerprint density at radius 1 is 1.19 bits per heavy atom. The third kappa shape index (κ3) is 9.99. The third-order valence-corrected chi connectivity index (χ3v) is 6.44. The van der Waals surface area contributed by atoms with Crippen LogP contribution >= 0.6 is 24.2 Å². The first-order valence-electron chi connectivity index (χ1n) is 12.0. The molecule has 0 bridgehead atoms. The topological polar surface area (TPSA) is 127 Å². The lowest BCUT2D eigenvalue weighted by molar-refractivity contribution is -0.129. The first-order valence-corrected chi connectivity index (χ1v) is 13.0. The van der Waals surface area contributed by atoms with Crippen LogP contribution in [0.25, 0.3) is 0 Å². The van der Waals surface area contributed by atoms with Gasteiger partial charge in [0.2, 0.25) is 11.7 Å². The number of halogens is 1. The number of carbonyl (C=O) groups excluding carboxylic acids is 3. The second-order valence-electron chi connectivity index (χ2n) is 9.32. The maximum atomic E-state index is 13.5. The number of hydrogen-bond acceptors (Lipinski definition) is 9. The minimum Gasteiger partial charge on any atom is -0.436 e. The van der Waals surface area contributed by atoms with Crippen LogP contribution in [0.2, 0.25) is 0 Å². The predicted octanol–water partition coefficient (Wildman–Crippen LogP) is 3.31. The van der Waals surface area contributed by atoms with Gasteiger partial charge in [0.1, 0.15) is 5.54 Å². The maximum absolute atomic E-state index is 13.5. The highest BCUT2D eigenvalue weighted by Gasteiger charge is 2.43. The fraction of sp³-hybridized carbons (Fsp3) is 0.708. The van der Waals surface area contributed by atoms with Crippen molar-refractivity contribution in [2.45, 2.75) is 76.1 Å². The van der Waals surface area contributed by atoms with E-state index in [1.165, 1.54) is 11.8 Å². The molecule has 1 heterocycles. The Kier molecular flexibility index (Phi) is 13.9. The Labute approximate surface area is 223 Å². The molecule has 36 heavy (non-hydrogen) atoms. The highest BCUT2D eigenvalue weighted by molar-refractivity contribution is 7.99. The smallest absolute Gasteiger partial charge is 0.408 e. The number of Topliss-reactive ketones (excluding diaryl/α,β-unsaturated/α-hetero) is 1. The van der Waals surface area contributed by atoms with E-state index in [0.717, 1.165) is 31.6 Å². The van der Waals surface area contributed by atoms with Gasteiger partial charge in [-0.25, -0.2) is 4.79 Å². The van der Waals surface area contributed by atoms with Crippen LogP contribution in [0.5, 0.6) is 0 Å². The number of amides is 2. The molecule has 1 atom stereocenters. The van der Waals surface area contributed by atoms with Crippen molar-refractivity contribution in [3.8, 4) is 11.8 Å². The monoisotopic (exact) mass is 543 g/mol. The summed E-state index contributed by atoms with van der Waals surface area (Å²) >= 11 is 1.37. The van der Waals surface area contributed by atoms with Crippen LogP contribution < -0.4 is 10.6 Å². The normalized spacial score (nSPS) is 15.3. The third-order valence-electron chi connectivity index (χ3n) is 5.65. The number of aromatic nitrogens is 2. The van der Waals surface area contributed by atoms with Gasteiger partial charge in [0, 0.05) is 12.3 Å². The van der Waals surface area contributed by atoms with Gasteiger partial charge in [0.25, 0.3) is 11.1 Å². The molecular formula is C24H38ClN5O5S. The van der Waals surface area contributed by atoms with Gasteiger partial charge >= 0.3 is 6.09 Å². The molecule has 1 aliphatic carbocycles. The van der Waals surface area contributed by atoms with Crippen molar-refractivity contribution in [3.05, 3.63) is 5.89 Å². The fourth-order valence-electron chi connectivity index (χ4n) is 3.80. The molecule has 1 unspecified atom stereocenters. The van der Waals surface area contributed by atoms with Crippen molar-refractivity contribution in [2.24, 2.45) is 5.92 Å². The number of thioether (sulfide) groups is 1. The van der Waals surface area contributed by atoms with Gasteiger partial charge in [0.15, 0.2) is 6.61 Å². The first kappa shape index (κ1) is 31.7. The average Bonchev–Trinajstić information content (AvgIpc) is 3.27. The van der Waals surface area contributed by atoms with E-state index in [4.69, 9.17) is 9.15 Å². The molecule has 202 valence electrons. The number of ketones is 1. The molecule has 1 aromatic rings. The minimum absolute atomic E-state index is 0. The highest BCUT2D eigenvalue weighted by atomic mass is 35.5. The summed E-state index contributed by atoms with van der Waals surface area (Å²) in [4.78, 5) is 41.1. The van der Waals surface area contributed by atoms with Crippen molar-refractivity contribution in [2.75, 3.05) is 33.0 Å². The summed E-state index contributed by atoms with van der Waals surface area (Å²) in [5.74, 6) is 5.19. The zero-order valence-electron chi connectivity index (χ0n) is 21.7. The summed E-state index contributed by atoms with van der Waals surface area (Å²) in [6.07, 6.45) is 3.14. The molecule has 0 aromatic carbocycles. The summed E-state index contributed by atoms with van der Waals surface area (Å²) in [6.45, 7) is 6.34. The van der Waals surface area contributed by atoms with Gasteiger partial charge in [-0.05, 0) is 46.2 Å². The van der Waals surface area contributed by atoms with E-state index in [2.05, 4.69) is 32.7 Å². The number of rotatable bonds is 12. The van der Waals surface area contributed by atoms with Crippen LogP contribution in [0.4, 0.5) is 4.79 Å². The first-order chi connectivity index (χ1) is 16.7. The number of nitrogens with zero attached hydrogens (tertiary/aromatic N) is 3. The molecule has 1 fully saturated rings. The number of hydrogen-bond donors (Lipinski definition) is 2. The number of nitrogens with one attached hydrogen (secondary N) is 2. The number of alkyl carbamates (subject to hydrolysis) is 1. The zero-order valence-corrected chi connectivity index (χ0v) is 23.4. The van der Waals surface area contributed by atoms with E-state index in [9.17, 15) is 14.4 Å². The maximum Gasteiger partial charge on any atom is 0.408 e. The summed E-state index contributed by atoms with van der Waals surface area (Å²) in [5, 5.41) is 13.8. The van der Waals surface area contributed by atoms with Crippen LogP contribution in [0.15, 0.2) is 9.64 Å². The van der Waals surface area contributed by atoms with Crippen LogP contribution in [0.3, 0.4) is 0 Å². The summed E-state index contributed by atoms with van der Waals surface area (Å²) < 4.78 is 10.7. The van der Waals surface area contributed by atoms with Crippen molar-refractivity contribution in [3.63, 3.8) is 0 Å². The Bertz CT molecular complexity index is 921. The molecule has 2 rings (SSSR count). The van der Waals surface area contributed by atoms with Crippen LogP contribution in [-0.4, -0.2) is 77.5 Å². The van der Waals surface area contributed by atoms with Crippen LogP contribution in [0, 0.1) is 17.8 Å². The molecule has 0 aliphatic heterocycles. The molecule has 10 nitrogen and oxygen atoms in total. The molecule has 1 aliphatic rings. The molecule has 0 radical (unpaired) electrons. The molecule has 0 spiro atoms. The Hall–Kier alpha value is -2.29. The van der Waals surface area contributed by atoms with E-state index < -0.39 is 29.4 Å². The van der Waals surface area contributed by atoms with Gasteiger partial charge in [-0.15, -0.1) is 28.5 Å². The SMILES string of the molecule is CC#CCOC(=O)NC1(C(=O)NC(CC(C)C)C(=O)c2nnc(SCCN(C)C)o2)CCCCC1.Cl. The molecule has 12 heteroatoms. The van der Waals surface area contributed by atoms with Gasteiger partial charge in [-0.3, -0.25) is 9.59 Å². The molecule has 1 saturated carbocycles. The quantitative estimate of drug-likeness (QED) is 0.232. The van der Waals surface area contributed by atoms with E-state index >= 15 is 0 Å². The predicted molar refractivity (Wildman–Crippen MR) is 140 cm³/mol. The Balaban J connectivity index is 0.00000648. The van der Waals surface area contributed by atoms with Crippen molar-refractivity contribution in [1.82, 2.24) is 25.7 Å². The lowest BCUT2D eigenvalue weighted by Crippen LogP contribution is -2.62. The summed E-state index contributed by atoms with van der Waals surface area (Å²) in [7, 11) is 3.94. The summed E-state index contributed by atoms with van der Waals surface area (Å²) in [6, 6.07) is -0.856. The van der Waals surface area contributed by atoms with E-state index in [0.29, 0.717) is 24.5 Å². The largest absolute Gasteiger partial charge is 0.436 e. The number of carbonyl (C=O) groups is 3. The molecule has 1 aromatic heterocycles. The van der Waals surface area contributed by atoms with E-state index in [1.807, 2.05) is 32.8 Å². The zero-order chi connectivity index (χ0) is 25.8. The molecule has 2 amide bonds. The minimum atomic E-state index is -1.15. The lowest BCUT2D eigenvalue weighted by atomic mass is 9.80. The highest BCUT2D eigenvalue weighted by Crippen LogP contribution is 2.29. The summed E-state index contributed by atoms with van der Waals surface area (Å²) in [5.41, 5.74) is -1.15. The van der Waals surface area contributed by atoms with Gasteiger partial charge in [0.05, 0.1) is 6.04 Å². The van der Waals surface area contributed by atoms with Crippen molar-refractivity contribution >= 4 is 42.0 Å². The van der Waals surface area contributed by atoms with Crippen molar-refractivity contribution in [1.29, 1.82) is 0 Å². The van der Waals surface area contributed by atoms with Gasteiger partial charge in [-0.1, -0.05) is 50.8 Å².